The van der Waals surface area contributed by atoms with Gasteiger partial charge in [0.1, 0.15) is 5.78 Å². The predicted molar refractivity (Wildman–Crippen MR) is 56.3 cm³/mol. The van der Waals surface area contributed by atoms with Crippen molar-refractivity contribution in [3.63, 3.8) is 0 Å². The number of likely N-dealkylation sites (tertiary alicyclic amines) is 1. The van der Waals surface area contributed by atoms with E-state index < -0.39 is 0 Å². The molecule has 1 saturated heterocycles. The Bertz CT molecular complexity index is 192. The lowest BCUT2D eigenvalue weighted by atomic mass is 10.0. The molecule has 3 heteroatoms. The van der Waals surface area contributed by atoms with Gasteiger partial charge < -0.3 is 4.74 Å². The van der Waals surface area contributed by atoms with Crippen LogP contribution in [-0.2, 0) is 9.53 Å². The summed E-state index contributed by atoms with van der Waals surface area (Å²) in [7, 11) is 0. The highest BCUT2D eigenvalue weighted by Crippen LogP contribution is 2.16. The average Bonchev–Trinajstić information content (AvgIpc) is 2.52. The lowest BCUT2D eigenvalue weighted by Gasteiger charge is -2.29. The van der Waals surface area contributed by atoms with Crippen LogP contribution in [0.2, 0.25) is 0 Å². The second kappa shape index (κ2) is 5.47. The summed E-state index contributed by atoms with van der Waals surface area (Å²) in [6.45, 7) is 9.42. The smallest absolute Gasteiger partial charge is 0.148 e. The molecule has 1 aliphatic heterocycles. The molecule has 0 aliphatic carbocycles. The van der Waals surface area contributed by atoms with E-state index in [9.17, 15) is 4.79 Å². The Balaban J connectivity index is 2.45. The Morgan fingerprint density at radius 3 is 2.64 bits per heavy atom. The largest absolute Gasteiger partial charge is 0.380 e. The maximum absolute atomic E-state index is 11.2. The van der Waals surface area contributed by atoms with Gasteiger partial charge in [0.15, 0.2) is 0 Å². The maximum atomic E-state index is 11.2. The number of carbonyl (C=O) groups is 1. The minimum atomic E-state index is 0.368. The van der Waals surface area contributed by atoms with Gasteiger partial charge in [-0.2, -0.15) is 0 Å². The molecule has 1 aliphatic rings. The first kappa shape index (κ1) is 11.7. The summed E-state index contributed by atoms with van der Waals surface area (Å²) in [5, 5.41) is 0. The van der Waals surface area contributed by atoms with Gasteiger partial charge in [0, 0.05) is 25.6 Å². The summed E-state index contributed by atoms with van der Waals surface area (Å²) in [5.41, 5.74) is 0. The molecule has 0 aromatic heterocycles. The highest BCUT2D eigenvalue weighted by molar-refractivity contribution is 5.82. The molecule has 0 saturated carbocycles. The molecule has 0 aromatic carbocycles. The highest BCUT2D eigenvalue weighted by Gasteiger charge is 2.28. The number of hydrogen-bond acceptors (Lipinski definition) is 3. The summed E-state index contributed by atoms with van der Waals surface area (Å²) in [5.74, 6) is 0.916. The fourth-order valence-corrected chi connectivity index (χ4v) is 1.89. The molecule has 1 fully saturated rings. The van der Waals surface area contributed by atoms with Gasteiger partial charge in [-0.3, -0.25) is 9.69 Å². The van der Waals surface area contributed by atoms with Crippen molar-refractivity contribution in [3.8, 4) is 0 Å². The van der Waals surface area contributed by atoms with Gasteiger partial charge in [-0.15, -0.1) is 0 Å². The Labute approximate surface area is 86.4 Å². The zero-order valence-electron chi connectivity index (χ0n) is 9.45. The number of rotatable bonds is 5. The van der Waals surface area contributed by atoms with E-state index in [1.807, 2.05) is 6.92 Å². The SMILES string of the molecule is CCOCC(C(C)C)N1CCC(=O)C1. The number of nitrogens with zero attached hydrogens (tertiary/aromatic N) is 1. The molecule has 14 heavy (non-hydrogen) atoms. The molecule has 0 amide bonds. The van der Waals surface area contributed by atoms with E-state index in [-0.39, 0.29) is 0 Å². The number of ether oxygens (including phenoxy) is 1. The molecule has 3 nitrogen and oxygen atoms in total. The molecule has 0 N–H and O–H groups in total. The average molecular weight is 199 g/mol. The second-order valence-electron chi connectivity index (χ2n) is 4.23. The summed E-state index contributed by atoms with van der Waals surface area (Å²) in [4.78, 5) is 13.4. The van der Waals surface area contributed by atoms with Crippen LogP contribution < -0.4 is 0 Å². The molecule has 0 radical (unpaired) electrons. The van der Waals surface area contributed by atoms with Crippen molar-refractivity contribution < 1.29 is 9.53 Å². The highest BCUT2D eigenvalue weighted by atomic mass is 16.5. The van der Waals surface area contributed by atoms with E-state index in [1.165, 1.54) is 0 Å². The third-order valence-electron chi connectivity index (χ3n) is 2.79. The van der Waals surface area contributed by atoms with Crippen molar-refractivity contribution >= 4 is 5.78 Å². The minimum absolute atomic E-state index is 0.368. The van der Waals surface area contributed by atoms with Crippen LogP contribution in [0, 0.1) is 5.92 Å². The molecule has 1 rings (SSSR count). The Morgan fingerprint density at radius 1 is 1.50 bits per heavy atom. The maximum Gasteiger partial charge on any atom is 0.148 e. The number of ketones is 1. The third-order valence-corrected chi connectivity index (χ3v) is 2.79. The van der Waals surface area contributed by atoms with Crippen LogP contribution in [0.3, 0.4) is 0 Å². The van der Waals surface area contributed by atoms with Crippen LogP contribution in [-0.4, -0.2) is 43.0 Å². The van der Waals surface area contributed by atoms with Crippen molar-refractivity contribution in [1.82, 2.24) is 4.90 Å². The monoisotopic (exact) mass is 199 g/mol. The van der Waals surface area contributed by atoms with Crippen LogP contribution in [0.4, 0.5) is 0 Å². The molecule has 82 valence electrons. The fourth-order valence-electron chi connectivity index (χ4n) is 1.89. The van der Waals surface area contributed by atoms with Crippen molar-refractivity contribution in [2.75, 3.05) is 26.3 Å². The molecule has 0 bridgehead atoms. The van der Waals surface area contributed by atoms with Gasteiger partial charge in [0.25, 0.3) is 0 Å². The van der Waals surface area contributed by atoms with Gasteiger partial charge in [0.2, 0.25) is 0 Å². The van der Waals surface area contributed by atoms with E-state index in [4.69, 9.17) is 4.74 Å². The molecular weight excluding hydrogens is 178 g/mol. The van der Waals surface area contributed by atoms with Gasteiger partial charge in [-0.05, 0) is 12.8 Å². The van der Waals surface area contributed by atoms with Crippen LogP contribution >= 0.6 is 0 Å². The molecule has 0 aromatic rings. The minimum Gasteiger partial charge on any atom is -0.380 e. The first-order chi connectivity index (χ1) is 6.65. The lowest BCUT2D eigenvalue weighted by molar-refractivity contribution is -0.117. The Morgan fingerprint density at radius 2 is 2.21 bits per heavy atom. The van der Waals surface area contributed by atoms with Crippen LogP contribution in [0.5, 0.6) is 0 Å². The van der Waals surface area contributed by atoms with Gasteiger partial charge in [-0.1, -0.05) is 13.8 Å². The van der Waals surface area contributed by atoms with Crippen LogP contribution in [0.25, 0.3) is 0 Å². The van der Waals surface area contributed by atoms with Crippen LogP contribution in [0.15, 0.2) is 0 Å². The van der Waals surface area contributed by atoms with Crippen molar-refractivity contribution in [3.05, 3.63) is 0 Å². The molecule has 0 spiro atoms. The molecular formula is C11H21NO2. The van der Waals surface area contributed by atoms with Crippen molar-refractivity contribution in [1.29, 1.82) is 0 Å². The quantitative estimate of drug-likeness (QED) is 0.669. The fraction of sp³-hybridized carbons (Fsp3) is 0.909. The third kappa shape index (κ3) is 3.07. The lowest BCUT2D eigenvalue weighted by Crippen LogP contribution is -2.41. The first-order valence-electron chi connectivity index (χ1n) is 5.48. The van der Waals surface area contributed by atoms with E-state index in [2.05, 4.69) is 18.7 Å². The van der Waals surface area contributed by atoms with Gasteiger partial charge in [0.05, 0.1) is 13.2 Å². The first-order valence-corrected chi connectivity index (χ1v) is 5.48. The van der Waals surface area contributed by atoms with Gasteiger partial charge in [-0.25, -0.2) is 0 Å². The number of carbonyl (C=O) groups excluding carboxylic acids is 1. The number of Topliss-reactive ketones (excluding diaryl/α,β-unsaturated/α-hetero) is 1. The van der Waals surface area contributed by atoms with Crippen molar-refractivity contribution in [2.24, 2.45) is 5.92 Å². The second-order valence-corrected chi connectivity index (χ2v) is 4.23. The van der Waals surface area contributed by atoms with Gasteiger partial charge >= 0.3 is 0 Å². The normalized spacial score (nSPS) is 20.7. The number of hydrogen-bond donors (Lipinski definition) is 0. The zero-order chi connectivity index (χ0) is 10.6. The topological polar surface area (TPSA) is 29.5 Å². The Kier molecular flexibility index (Phi) is 4.55. The molecule has 1 atom stereocenters. The van der Waals surface area contributed by atoms with E-state index in [1.54, 1.807) is 0 Å². The standard InChI is InChI=1S/C11H21NO2/c1-4-14-8-11(9(2)3)12-6-5-10(13)7-12/h9,11H,4-8H2,1-3H3. The van der Waals surface area contributed by atoms with Crippen molar-refractivity contribution in [2.45, 2.75) is 33.2 Å². The Hall–Kier alpha value is -0.410. The van der Waals surface area contributed by atoms with Crippen LogP contribution in [0.1, 0.15) is 27.2 Å². The molecule has 1 unspecified atom stereocenters. The zero-order valence-corrected chi connectivity index (χ0v) is 9.45. The summed E-state index contributed by atoms with van der Waals surface area (Å²) >= 11 is 0. The summed E-state index contributed by atoms with van der Waals surface area (Å²) < 4.78 is 5.45. The summed E-state index contributed by atoms with van der Waals surface area (Å²) in [6.07, 6.45) is 0.718. The predicted octanol–water partition coefficient (Wildman–Crippen LogP) is 1.32. The van der Waals surface area contributed by atoms with E-state index in [0.29, 0.717) is 24.3 Å². The molecule has 1 heterocycles. The summed E-state index contributed by atoms with van der Waals surface area (Å²) in [6, 6.07) is 0.404. The van der Waals surface area contributed by atoms with E-state index >= 15 is 0 Å². The van der Waals surface area contributed by atoms with E-state index in [0.717, 1.165) is 26.2 Å².